The van der Waals surface area contributed by atoms with Gasteiger partial charge in [-0.2, -0.15) is 0 Å². The highest BCUT2D eigenvalue weighted by atomic mass is 28.3. The Labute approximate surface area is 169 Å². The summed E-state index contributed by atoms with van der Waals surface area (Å²) in [5.41, 5.74) is 1.90. The number of aliphatic hydroxyl groups excluding tert-OH is 2. The molecule has 3 rings (SSSR count). The zero-order valence-electron chi connectivity index (χ0n) is 17.0. The van der Waals surface area contributed by atoms with E-state index >= 15 is 4.39 Å². The topological polar surface area (TPSA) is 110 Å². The van der Waals surface area contributed by atoms with Crippen LogP contribution in [0.25, 0.3) is 11.0 Å². The van der Waals surface area contributed by atoms with Crippen LogP contribution in [0.15, 0.2) is 12.5 Å². The lowest BCUT2D eigenvalue weighted by Gasteiger charge is -2.25. The van der Waals surface area contributed by atoms with E-state index in [0.29, 0.717) is 16.6 Å². The van der Waals surface area contributed by atoms with Crippen LogP contribution in [0.1, 0.15) is 25.6 Å². The molecule has 4 atom stereocenters. The van der Waals surface area contributed by atoms with Crippen molar-refractivity contribution in [1.82, 2.24) is 14.5 Å². The number of hydrogen-bond acceptors (Lipinski definition) is 6. The van der Waals surface area contributed by atoms with Crippen molar-refractivity contribution in [3.8, 4) is 11.5 Å². The molecule has 2 aromatic heterocycles. The van der Waals surface area contributed by atoms with Crippen LogP contribution in [-0.4, -0.2) is 63.2 Å². The minimum absolute atomic E-state index is 0.263. The lowest BCUT2D eigenvalue weighted by Crippen LogP contribution is -2.40. The largest absolute Gasteiger partial charge is 0.394 e. The second kappa shape index (κ2) is 7.49. The fourth-order valence-electron chi connectivity index (χ4n) is 3.24. The van der Waals surface area contributed by atoms with E-state index in [1.54, 1.807) is 6.20 Å². The van der Waals surface area contributed by atoms with Crippen LogP contribution in [0.3, 0.4) is 0 Å². The molecule has 0 spiro atoms. The summed E-state index contributed by atoms with van der Waals surface area (Å²) in [7, 11) is -1.73. The molecule has 8 nitrogen and oxygen atoms in total. The highest BCUT2D eigenvalue weighted by molar-refractivity contribution is 6.83. The number of hydrogen-bond donors (Lipinski definition) is 3. The molecule has 0 bridgehead atoms. The predicted octanol–water partition coefficient (Wildman–Crippen LogP) is 1.60. The summed E-state index contributed by atoms with van der Waals surface area (Å²) in [5.74, 6) is 3.07. The van der Waals surface area contributed by atoms with Gasteiger partial charge in [0, 0.05) is 13.1 Å². The maximum absolute atomic E-state index is 15.4. The van der Waals surface area contributed by atoms with Gasteiger partial charge in [0.15, 0.2) is 11.9 Å². The summed E-state index contributed by atoms with van der Waals surface area (Å²) in [6, 6.07) is 0. The normalized spacial score (nSPS) is 27.0. The number of carbonyl (C=O) groups excluding carboxylic acids is 1. The molecule has 1 aliphatic heterocycles. The monoisotopic (exact) mass is 420 g/mol. The molecule has 10 heteroatoms. The number of anilines is 1. The summed E-state index contributed by atoms with van der Waals surface area (Å²) in [6.07, 6.45) is -0.972. The lowest BCUT2D eigenvalue weighted by atomic mass is 9.98. The summed E-state index contributed by atoms with van der Waals surface area (Å²) in [4.78, 5) is 20.0. The molecule has 3 heterocycles. The van der Waals surface area contributed by atoms with E-state index in [-0.39, 0.29) is 11.7 Å². The second-order valence-electron chi connectivity index (χ2n) is 8.36. The minimum Gasteiger partial charge on any atom is -0.394 e. The van der Waals surface area contributed by atoms with E-state index in [0.717, 1.165) is 0 Å². The van der Waals surface area contributed by atoms with Gasteiger partial charge in [-0.3, -0.25) is 4.79 Å². The van der Waals surface area contributed by atoms with Crippen molar-refractivity contribution in [3.05, 3.63) is 18.1 Å². The zero-order valence-corrected chi connectivity index (χ0v) is 18.0. The van der Waals surface area contributed by atoms with Crippen molar-refractivity contribution in [2.75, 3.05) is 11.9 Å². The Hall–Kier alpha value is -2.32. The molecule has 1 saturated heterocycles. The van der Waals surface area contributed by atoms with Crippen molar-refractivity contribution in [3.63, 3.8) is 0 Å². The Balaban J connectivity index is 2.24. The minimum atomic E-state index is -2.18. The molecular formula is C19H25FN4O4Si. The molecule has 1 fully saturated rings. The Kier molecular flexibility index (Phi) is 5.53. The molecule has 0 radical (unpaired) electrons. The number of rotatable bonds is 3. The van der Waals surface area contributed by atoms with Crippen molar-refractivity contribution >= 4 is 30.8 Å². The second-order valence-corrected chi connectivity index (χ2v) is 13.1. The van der Waals surface area contributed by atoms with Gasteiger partial charge in [0.1, 0.15) is 38.1 Å². The number of amides is 1. The molecule has 1 aliphatic rings. The van der Waals surface area contributed by atoms with Crippen molar-refractivity contribution in [2.24, 2.45) is 0 Å². The Morgan fingerprint density at radius 3 is 2.69 bits per heavy atom. The summed E-state index contributed by atoms with van der Waals surface area (Å²) < 4.78 is 22.4. The number of alkyl halides is 1. The average Bonchev–Trinajstić information content (AvgIpc) is 3.08. The summed E-state index contributed by atoms with van der Waals surface area (Å²) in [6.45, 7) is 8.32. The van der Waals surface area contributed by atoms with Gasteiger partial charge < -0.3 is 24.8 Å². The summed E-state index contributed by atoms with van der Waals surface area (Å²) >= 11 is 0. The fraction of sp³-hybridized carbons (Fsp3) is 0.526. The van der Waals surface area contributed by atoms with Gasteiger partial charge in [-0.15, -0.1) is 5.54 Å². The third kappa shape index (κ3) is 4.04. The number of halogens is 1. The van der Waals surface area contributed by atoms with E-state index in [1.165, 1.54) is 24.7 Å². The smallest absolute Gasteiger partial charge is 0.222 e. The molecule has 2 aromatic rings. The van der Waals surface area contributed by atoms with Crippen LogP contribution < -0.4 is 5.32 Å². The van der Waals surface area contributed by atoms with Crippen LogP contribution in [0, 0.1) is 11.5 Å². The van der Waals surface area contributed by atoms with Gasteiger partial charge >= 0.3 is 0 Å². The van der Waals surface area contributed by atoms with Crippen LogP contribution in [0.5, 0.6) is 0 Å². The zero-order chi connectivity index (χ0) is 21.6. The van der Waals surface area contributed by atoms with Gasteiger partial charge in [0.2, 0.25) is 5.91 Å². The van der Waals surface area contributed by atoms with Crippen LogP contribution in [0.4, 0.5) is 10.2 Å². The Bertz CT molecular complexity index is 1010. The first-order valence-corrected chi connectivity index (χ1v) is 12.8. The van der Waals surface area contributed by atoms with E-state index in [9.17, 15) is 15.0 Å². The van der Waals surface area contributed by atoms with Gasteiger partial charge in [-0.1, -0.05) is 25.6 Å². The molecule has 2 unspecified atom stereocenters. The standard InChI is InChI=1S/C19H25FN4O4Si/c1-11(26)23-16-14-12(6-7-29(3,4)5)8-24(17(14)22-10-21-16)18-19(2,20)15(27)13(9-25)28-18/h8,10,13,15,18,25,27H,9H2,1-5H3,(H,21,22,23,26)/t13?,15?,18-,19-/m1/s1. The molecule has 29 heavy (non-hydrogen) atoms. The first kappa shape index (κ1) is 21.4. The quantitative estimate of drug-likeness (QED) is 0.514. The van der Waals surface area contributed by atoms with Gasteiger partial charge in [0.05, 0.1) is 17.6 Å². The molecular weight excluding hydrogens is 395 g/mol. The number of fused-ring (bicyclic) bond motifs is 1. The van der Waals surface area contributed by atoms with E-state index in [1.807, 2.05) is 0 Å². The number of nitrogens with one attached hydrogen (secondary N) is 1. The number of aliphatic hydroxyl groups is 2. The number of carbonyl (C=O) groups is 1. The maximum atomic E-state index is 15.4. The predicted molar refractivity (Wildman–Crippen MR) is 109 cm³/mol. The van der Waals surface area contributed by atoms with Crippen LogP contribution in [0.2, 0.25) is 19.6 Å². The van der Waals surface area contributed by atoms with E-state index < -0.39 is 38.8 Å². The highest BCUT2D eigenvalue weighted by Gasteiger charge is 2.55. The van der Waals surface area contributed by atoms with Gasteiger partial charge in [-0.25, -0.2) is 14.4 Å². The first-order chi connectivity index (χ1) is 13.5. The van der Waals surface area contributed by atoms with Crippen LogP contribution in [-0.2, 0) is 9.53 Å². The van der Waals surface area contributed by atoms with Gasteiger partial charge in [-0.05, 0) is 6.92 Å². The maximum Gasteiger partial charge on any atom is 0.222 e. The third-order valence-electron chi connectivity index (χ3n) is 4.63. The molecule has 3 N–H and O–H groups in total. The molecule has 0 aromatic carbocycles. The Morgan fingerprint density at radius 2 is 2.14 bits per heavy atom. The average molecular weight is 421 g/mol. The van der Waals surface area contributed by atoms with E-state index in [4.69, 9.17) is 4.74 Å². The first-order valence-electron chi connectivity index (χ1n) is 9.25. The fourth-order valence-corrected chi connectivity index (χ4v) is 3.75. The third-order valence-corrected chi connectivity index (χ3v) is 5.50. The highest BCUT2D eigenvalue weighted by Crippen LogP contribution is 2.43. The number of ether oxygens (including phenoxy) is 1. The summed E-state index contributed by atoms with van der Waals surface area (Å²) in [5, 5.41) is 22.8. The van der Waals surface area contributed by atoms with E-state index in [2.05, 4.69) is 46.4 Å². The molecule has 0 saturated carbocycles. The van der Waals surface area contributed by atoms with Crippen molar-refractivity contribution in [1.29, 1.82) is 0 Å². The van der Waals surface area contributed by atoms with Crippen molar-refractivity contribution < 1.29 is 24.1 Å². The van der Waals surface area contributed by atoms with Crippen molar-refractivity contribution in [2.45, 2.75) is 57.6 Å². The number of nitrogens with zero attached hydrogens (tertiary/aromatic N) is 3. The molecule has 0 aliphatic carbocycles. The number of aromatic nitrogens is 3. The van der Waals surface area contributed by atoms with Gasteiger partial charge in [0.25, 0.3) is 0 Å². The molecule has 156 valence electrons. The lowest BCUT2D eigenvalue weighted by molar-refractivity contribution is -0.114. The van der Waals surface area contributed by atoms with Crippen LogP contribution >= 0.6 is 0 Å². The molecule has 1 amide bonds. The Morgan fingerprint density at radius 1 is 1.45 bits per heavy atom. The SMILES string of the molecule is CC(=O)Nc1ncnc2c1c(C#C[Si](C)(C)C)cn2[C@@H]1OC(CO)C(O)[C@@]1(C)F.